The van der Waals surface area contributed by atoms with Crippen LogP contribution >= 0.6 is 11.6 Å². The lowest BCUT2D eigenvalue weighted by molar-refractivity contribution is 0.322. The molecule has 0 aliphatic rings. The standard InChI is InChI=1S/C17H20ClNO3S/c1-13-3-8-17(11-14(13)2)22-10-9-19-23(20,21)12-15-4-6-16(18)7-5-15/h3-8,11,19H,9-10,12H2,1-2H3. The maximum absolute atomic E-state index is 12.0. The molecule has 124 valence electrons. The first kappa shape index (κ1) is 17.8. The van der Waals surface area contributed by atoms with E-state index >= 15 is 0 Å². The van der Waals surface area contributed by atoms with Crippen molar-refractivity contribution in [2.45, 2.75) is 19.6 Å². The smallest absolute Gasteiger partial charge is 0.215 e. The third-order valence-corrected chi connectivity index (χ3v) is 5.05. The molecule has 23 heavy (non-hydrogen) atoms. The van der Waals surface area contributed by atoms with Crippen molar-refractivity contribution in [3.05, 3.63) is 64.2 Å². The average Bonchev–Trinajstić information content (AvgIpc) is 2.49. The second-order valence-corrected chi connectivity index (χ2v) is 7.62. The van der Waals surface area contributed by atoms with Crippen LogP contribution in [0.3, 0.4) is 0 Å². The quantitative estimate of drug-likeness (QED) is 0.775. The van der Waals surface area contributed by atoms with Crippen LogP contribution in [0.4, 0.5) is 0 Å². The van der Waals surface area contributed by atoms with Crippen LogP contribution in [-0.4, -0.2) is 21.6 Å². The van der Waals surface area contributed by atoms with Gasteiger partial charge in [0.2, 0.25) is 10.0 Å². The van der Waals surface area contributed by atoms with Crippen LogP contribution in [0.5, 0.6) is 5.75 Å². The molecule has 0 saturated carbocycles. The number of rotatable bonds is 7. The van der Waals surface area contributed by atoms with Crippen LogP contribution in [0.1, 0.15) is 16.7 Å². The number of aryl methyl sites for hydroxylation is 2. The van der Waals surface area contributed by atoms with E-state index in [1.54, 1.807) is 24.3 Å². The van der Waals surface area contributed by atoms with Crippen LogP contribution in [0, 0.1) is 13.8 Å². The van der Waals surface area contributed by atoms with Crippen LogP contribution < -0.4 is 9.46 Å². The van der Waals surface area contributed by atoms with E-state index in [2.05, 4.69) is 4.72 Å². The van der Waals surface area contributed by atoms with Gasteiger partial charge in [-0.25, -0.2) is 13.1 Å². The van der Waals surface area contributed by atoms with Gasteiger partial charge >= 0.3 is 0 Å². The van der Waals surface area contributed by atoms with Gasteiger partial charge in [-0.05, 0) is 54.8 Å². The summed E-state index contributed by atoms with van der Waals surface area (Å²) in [4.78, 5) is 0. The molecule has 0 radical (unpaired) electrons. The predicted octanol–water partition coefficient (Wildman–Crippen LogP) is 3.46. The molecule has 0 unspecified atom stereocenters. The normalized spacial score (nSPS) is 11.4. The molecule has 0 bridgehead atoms. The summed E-state index contributed by atoms with van der Waals surface area (Å²) in [6.45, 7) is 4.55. The fraction of sp³-hybridized carbons (Fsp3) is 0.294. The zero-order valence-electron chi connectivity index (χ0n) is 13.2. The predicted molar refractivity (Wildman–Crippen MR) is 93.5 cm³/mol. The van der Waals surface area contributed by atoms with E-state index in [1.165, 1.54) is 5.56 Å². The van der Waals surface area contributed by atoms with E-state index in [1.807, 2.05) is 32.0 Å². The second-order valence-electron chi connectivity index (χ2n) is 5.37. The lowest BCUT2D eigenvalue weighted by Gasteiger charge is -2.10. The molecule has 0 aliphatic heterocycles. The van der Waals surface area contributed by atoms with Crippen molar-refractivity contribution in [1.82, 2.24) is 4.72 Å². The summed E-state index contributed by atoms with van der Waals surface area (Å²) >= 11 is 5.78. The fourth-order valence-corrected chi connectivity index (χ4v) is 3.27. The number of hydrogen-bond donors (Lipinski definition) is 1. The molecule has 0 aromatic heterocycles. The van der Waals surface area contributed by atoms with Crippen molar-refractivity contribution in [3.8, 4) is 5.75 Å². The van der Waals surface area contributed by atoms with Crippen molar-refractivity contribution in [1.29, 1.82) is 0 Å². The zero-order valence-corrected chi connectivity index (χ0v) is 14.7. The van der Waals surface area contributed by atoms with Gasteiger partial charge in [0.25, 0.3) is 0 Å². The molecule has 0 heterocycles. The minimum absolute atomic E-state index is 0.0756. The molecule has 0 amide bonds. The van der Waals surface area contributed by atoms with E-state index in [9.17, 15) is 8.42 Å². The van der Waals surface area contributed by atoms with Crippen molar-refractivity contribution >= 4 is 21.6 Å². The summed E-state index contributed by atoms with van der Waals surface area (Å²) in [5.41, 5.74) is 3.03. The van der Waals surface area contributed by atoms with Crippen LogP contribution in [-0.2, 0) is 15.8 Å². The van der Waals surface area contributed by atoms with Gasteiger partial charge in [-0.15, -0.1) is 0 Å². The van der Waals surface area contributed by atoms with Gasteiger partial charge in [0.15, 0.2) is 0 Å². The highest BCUT2D eigenvalue weighted by atomic mass is 35.5. The maximum atomic E-state index is 12.0. The van der Waals surface area contributed by atoms with E-state index < -0.39 is 10.0 Å². The van der Waals surface area contributed by atoms with Gasteiger partial charge in [-0.3, -0.25) is 0 Å². The van der Waals surface area contributed by atoms with Gasteiger partial charge in [0, 0.05) is 11.6 Å². The molecular weight excluding hydrogens is 334 g/mol. The van der Waals surface area contributed by atoms with Gasteiger partial charge in [0.05, 0.1) is 5.75 Å². The van der Waals surface area contributed by atoms with Gasteiger partial charge < -0.3 is 4.74 Å². The highest BCUT2D eigenvalue weighted by molar-refractivity contribution is 7.88. The Morgan fingerprint density at radius 1 is 1.04 bits per heavy atom. The summed E-state index contributed by atoms with van der Waals surface area (Å²) in [6, 6.07) is 12.6. The minimum Gasteiger partial charge on any atom is -0.492 e. The van der Waals surface area contributed by atoms with Crippen molar-refractivity contribution in [2.24, 2.45) is 0 Å². The van der Waals surface area contributed by atoms with Gasteiger partial charge in [-0.2, -0.15) is 0 Å². The third-order valence-electron chi connectivity index (χ3n) is 3.44. The van der Waals surface area contributed by atoms with E-state index in [4.69, 9.17) is 16.3 Å². The Kier molecular flexibility index (Phi) is 6.04. The summed E-state index contributed by atoms with van der Waals surface area (Å²) in [6.07, 6.45) is 0. The molecule has 2 rings (SSSR count). The number of hydrogen-bond acceptors (Lipinski definition) is 3. The summed E-state index contributed by atoms with van der Waals surface area (Å²) in [5, 5.41) is 0.584. The lowest BCUT2D eigenvalue weighted by atomic mass is 10.1. The molecule has 2 aromatic carbocycles. The highest BCUT2D eigenvalue weighted by Crippen LogP contribution is 2.16. The summed E-state index contributed by atoms with van der Waals surface area (Å²) in [5.74, 6) is 0.665. The van der Waals surface area contributed by atoms with E-state index in [-0.39, 0.29) is 18.9 Å². The third kappa shape index (κ3) is 5.86. The first-order valence-electron chi connectivity index (χ1n) is 7.27. The van der Waals surface area contributed by atoms with Gasteiger partial charge in [-0.1, -0.05) is 29.8 Å². The van der Waals surface area contributed by atoms with Crippen LogP contribution in [0.2, 0.25) is 5.02 Å². The molecule has 1 N–H and O–H groups in total. The number of sulfonamides is 1. The number of benzene rings is 2. The maximum Gasteiger partial charge on any atom is 0.215 e. The molecule has 0 atom stereocenters. The van der Waals surface area contributed by atoms with Crippen molar-refractivity contribution in [2.75, 3.05) is 13.2 Å². The summed E-state index contributed by atoms with van der Waals surface area (Å²) in [7, 11) is -3.39. The Bertz CT molecular complexity index is 758. The Balaban J connectivity index is 1.80. The number of ether oxygens (including phenoxy) is 1. The first-order valence-corrected chi connectivity index (χ1v) is 9.30. The minimum atomic E-state index is -3.39. The molecule has 0 spiro atoms. The molecule has 0 aliphatic carbocycles. The molecular formula is C17H20ClNO3S. The monoisotopic (exact) mass is 353 g/mol. The molecule has 0 saturated heterocycles. The summed E-state index contributed by atoms with van der Waals surface area (Å²) < 4.78 is 32.1. The first-order chi connectivity index (χ1) is 10.9. The number of halogens is 1. The van der Waals surface area contributed by atoms with Gasteiger partial charge in [0.1, 0.15) is 12.4 Å². The fourth-order valence-electron chi connectivity index (χ4n) is 2.02. The van der Waals surface area contributed by atoms with Crippen LogP contribution in [0.15, 0.2) is 42.5 Å². The molecule has 4 nitrogen and oxygen atoms in total. The second kappa shape index (κ2) is 7.81. The topological polar surface area (TPSA) is 55.4 Å². The van der Waals surface area contributed by atoms with E-state index in [0.29, 0.717) is 10.6 Å². The average molecular weight is 354 g/mol. The zero-order chi connectivity index (χ0) is 16.9. The van der Waals surface area contributed by atoms with Crippen LogP contribution in [0.25, 0.3) is 0 Å². The Hall–Kier alpha value is -1.56. The molecule has 0 fully saturated rings. The highest BCUT2D eigenvalue weighted by Gasteiger charge is 2.11. The molecule has 2 aromatic rings. The Morgan fingerprint density at radius 3 is 2.39 bits per heavy atom. The Labute approximate surface area is 142 Å². The van der Waals surface area contributed by atoms with E-state index in [0.717, 1.165) is 11.3 Å². The van der Waals surface area contributed by atoms with Crippen molar-refractivity contribution in [3.63, 3.8) is 0 Å². The largest absolute Gasteiger partial charge is 0.492 e. The lowest BCUT2D eigenvalue weighted by Crippen LogP contribution is -2.29. The number of nitrogens with one attached hydrogen (secondary N) is 1. The van der Waals surface area contributed by atoms with Crippen molar-refractivity contribution < 1.29 is 13.2 Å². The Morgan fingerprint density at radius 2 is 1.74 bits per heavy atom. The SMILES string of the molecule is Cc1ccc(OCCNS(=O)(=O)Cc2ccc(Cl)cc2)cc1C. The molecule has 6 heteroatoms.